The zero-order chi connectivity index (χ0) is 21.4. The first kappa shape index (κ1) is 18.8. The van der Waals surface area contributed by atoms with Gasteiger partial charge in [-0.1, -0.05) is 72.3 Å². The summed E-state index contributed by atoms with van der Waals surface area (Å²) in [7, 11) is 0. The topological polar surface area (TPSA) is 61.5 Å². The molecule has 5 aromatic rings. The highest BCUT2D eigenvalue weighted by Gasteiger charge is 2.17. The van der Waals surface area contributed by atoms with E-state index >= 15 is 0 Å². The molecule has 0 aliphatic rings. The van der Waals surface area contributed by atoms with Crippen molar-refractivity contribution in [1.29, 1.82) is 0 Å². The number of anilines is 4. The first-order valence-corrected chi connectivity index (χ1v) is 10.2. The number of nitrogens with zero attached hydrogens (tertiary/aromatic N) is 1. The summed E-state index contributed by atoms with van der Waals surface area (Å²) < 4.78 is 0. The van der Waals surface area contributed by atoms with Crippen molar-refractivity contribution in [2.75, 3.05) is 16.2 Å². The number of nitrogen functional groups attached to an aromatic ring is 1. The van der Waals surface area contributed by atoms with E-state index in [4.69, 9.17) is 5.73 Å². The third-order valence-electron chi connectivity index (χ3n) is 5.58. The molecule has 152 valence electrons. The van der Waals surface area contributed by atoms with E-state index in [1.54, 1.807) is 6.07 Å². The van der Waals surface area contributed by atoms with Gasteiger partial charge in [0.1, 0.15) is 5.75 Å². The number of fused-ring (bicyclic) bond motifs is 2. The average Bonchev–Trinajstić information content (AvgIpc) is 2.79. The summed E-state index contributed by atoms with van der Waals surface area (Å²) in [5.41, 5.74) is 14.4. The molecule has 0 aromatic heterocycles. The summed E-state index contributed by atoms with van der Waals surface area (Å²) in [4.78, 5) is 0. The molecular weight excluding hydrogens is 382 g/mol. The summed E-state index contributed by atoms with van der Waals surface area (Å²) >= 11 is 0. The zero-order valence-corrected chi connectivity index (χ0v) is 17.2. The standard InChI is InChI=1S/C27H23N3O/c1-18-12-15-21(16-13-18)30(24-10-4-7-20-8-5-11-25(31)26(20)24)29-27-22-9-3-2-6-19(22)14-17-23(27)28/h2-17,29,31H,28H2,1H3. The van der Waals surface area contributed by atoms with Crippen molar-refractivity contribution in [3.05, 3.63) is 103 Å². The van der Waals surface area contributed by atoms with Crippen LogP contribution in [0.25, 0.3) is 21.5 Å². The fourth-order valence-electron chi connectivity index (χ4n) is 3.97. The summed E-state index contributed by atoms with van der Waals surface area (Å²) in [6.07, 6.45) is 0. The molecule has 4 nitrogen and oxygen atoms in total. The van der Waals surface area contributed by atoms with E-state index < -0.39 is 0 Å². The number of nitrogens with one attached hydrogen (secondary N) is 1. The number of hydrazine groups is 1. The Labute approximate surface area is 181 Å². The van der Waals surface area contributed by atoms with E-state index in [2.05, 4.69) is 48.7 Å². The highest BCUT2D eigenvalue weighted by Crippen LogP contribution is 2.39. The maximum Gasteiger partial charge on any atom is 0.125 e. The second kappa shape index (κ2) is 7.58. The number of nitrogens with two attached hydrogens (primary N) is 1. The van der Waals surface area contributed by atoms with Crippen molar-refractivity contribution < 1.29 is 5.11 Å². The van der Waals surface area contributed by atoms with Crippen LogP contribution < -0.4 is 16.2 Å². The molecule has 0 saturated carbocycles. The molecule has 0 bridgehead atoms. The van der Waals surface area contributed by atoms with Gasteiger partial charge in [-0.3, -0.25) is 10.4 Å². The molecule has 0 saturated heterocycles. The lowest BCUT2D eigenvalue weighted by atomic mass is 10.1. The van der Waals surface area contributed by atoms with Crippen molar-refractivity contribution in [3.8, 4) is 5.75 Å². The number of aryl methyl sites for hydroxylation is 1. The second-order valence-corrected chi connectivity index (χ2v) is 7.69. The summed E-state index contributed by atoms with van der Waals surface area (Å²) in [5.74, 6) is 0.234. The van der Waals surface area contributed by atoms with E-state index in [0.717, 1.165) is 38.6 Å². The van der Waals surface area contributed by atoms with Gasteiger partial charge >= 0.3 is 0 Å². The normalized spacial score (nSPS) is 11.0. The number of hydrogen-bond acceptors (Lipinski definition) is 4. The van der Waals surface area contributed by atoms with Gasteiger partial charge in [-0.2, -0.15) is 0 Å². The monoisotopic (exact) mass is 405 g/mol. The molecule has 5 rings (SSSR count). The van der Waals surface area contributed by atoms with Crippen molar-refractivity contribution in [2.24, 2.45) is 0 Å². The van der Waals surface area contributed by atoms with Crippen LogP contribution in [0.5, 0.6) is 5.75 Å². The molecule has 0 aliphatic heterocycles. The van der Waals surface area contributed by atoms with Gasteiger partial charge in [0.25, 0.3) is 0 Å². The lowest BCUT2D eigenvalue weighted by Gasteiger charge is -2.29. The molecule has 0 unspecified atom stereocenters. The minimum absolute atomic E-state index is 0.234. The van der Waals surface area contributed by atoms with Crippen molar-refractivity contribution in [2.45, 2.75) is 6.92 Å². The van der Waals surface area contributed by atoms with Crippen molar-refractivity contribution in [1.82, 2.24) is 0 Å². The van der Waals surface area contributed by atoms with Crippen molar-refractivity contribution in [3.63, 3.8) is 0 Å². The Morgan fingerprint density at radius 1 is 0.742 bits per heavy atom. The highest BCUT2D eigenvalue weighted by molar-refractivity contribution is 6.04. The van der Waals surface area contributed by atoms with Crippen LogP contribution in [0.2, 0.25) is 0 Å². The van der Waals surface area contributed by atoms with Crippen LogP contribution in [0.1, 0.15) is 5.56 Å². The minimum Gasteiger partial charge on any atom is -0.507 e. The Bertz CT molecular complexity index is 1390. The van der Waals surface area contributed by atoms with Crippen LogP contribution in [-0.4, -0.2) is 5.11 Å². The number of hydrogen-bond donors (Lipinski definition) is 3. The van der Waals surface area contributed by atoms with E-state index in [-0.39, 0.29) is 5.75 Å². The van der Waals surface area contributed by atoms with Crippen molar-refractivity contribution >= 4 is 44.3 Å². The molecular formula is C27H23N3O. The van der Waals surface area contributed by atoms with Gasteiger partial charge in [-0.15, -0.1) is 0 Å². The van der Waals surface area contributed by atoms with Crippen LogP contribution in [0.15, 0.2) is 97.1 Å². The molecule has 0 amide bonds. The highest BCUT2D eigenvalue weighted by atomic mass is 16.3. The van der Waals surface area contributed by atoms with Gasteiger partial charge < -0.3 is 10.8 Å². The quantitative estimate of drug-likeness (QED) is 0.228. The predicted octanol–water partition coefficient (Wildman–Crippen LogP) is 6.75. The number of phenolic OH excluding ortho intramolecular Hbond substituents is 1. The van der Waals surface area contributed by atoms with Gasteiger partial charge in [-0.05, 0) is 48.0 Å². The third kappa shape index (κ3) is 3.38. The van der Waals surface area contributed by atoms with Crippen LogP contribution in [0, 0.1) is 6.92 Å². The number of rotatable bonds is 4. The van der Waals surface area contributed by atoms with Crippen LogP contribution in [-0.2, 0) is 0 Å². The maximum absolute atomic E-state index is 10.7. The summed E-state index contributed by atoms with van der Waals surface area (Å²) in [5, 5.41) is 16.6. The summed E-state index contributed by atoms with van der Waals surface area (Å²) in [6.45, 7) is 2.06. The molecule has 0 radical (unpaired) electrons. The fourth-order valence-corrected chi connectivity index (χ4v) is 3.97. The van der Waals surface area contributed by atoms with Crippen LogP contribution >= 0.6 is 0 Å². The molecule has 5 aromatic carbocycles. The Kier molecular flexibility index (Phi) is 4.60. The van der Waals surface area contributed by atoms with E-state index in [0.29, 0.717) is 5.69 Å². The molecule has 0 aliphatic carbocycles. The number of aromatic hydroxyl groups is 1. The largest absolute Gasteiger partial charge is 0.507 e. The van der Waals surface area contributed by atoms with Gasteiger partial charge in [0.05, 0.1) is 22.7 Å². The molecule has 4 N–H and O–H groups in total. The summed E-state index contributed by atoms with van der Waals surface area (Å²) in [6, 6.07) is 31.9. The van der Waals surface area contributed by atoms with Gasteiger partial charge in [-0.25, -0.2) is 0 Å². The molecule has 0 atom stereocenters. The maximum atomic E-state index is 10.7. The van der Waals surface area contributed by atoms with Crippen LogP contribution in [0.4, 0.5) is 22.7 Å². The fraction of sp³-hybridized carbons (Fsp3) is 0.0370. The van der Waals surface area contributed by atoms with Gasteiger partial charge in [0.2, 0.25) is 0 Å². The Balaban J connectivity index is 1.75. The lowest BCUT2D eigenvalue weighted by molar-refractivity contribution is 0.481. The molecule has 0 heterocycles. The Morgan fingerprint density at radius 3 is 2.26 bits per heavy atom. The second-order valence-electron chi connectivity index (χ2n) is 7.69. The number of benzene rings is 5. The van der Waals surface area contributed by atoms with Gasteiger partial charge in [0, 0.05) is 10.8 Å². The first-order chi connectivity index (χ1) is 15.1. The smallest absolute Gasteiger partial charge is 0.125 e. The SMILES string of the molecule is Cc1ccc(N(Nc2c(N)ccc3ccccc23)c2cccc3cccc(O)c23)cc1. The lowest BCUT2D eigenvalue weighted by Crippen LogP contribution is -2.25. The minimum atomic E-state index is 0.234. The molecule has 4 heteroatoms. The van der Waals surface area contributed by atoms with Gasteiger partial charge in [0.15, 0.2) is 0 Å². The molecule has 0 spiro atoms. The molecule has 0 fully saturated rings. The average molecular weight is 406 g/mol. The van der Waals surface area contributed by atoms with E-state index in [9.17, 15) is 5.11 Å². The van der Waals surface area contributed by atoms with E-state index in [1.165, 1.54) is 5.56 Å². The third-order valence-corrected chi connectivity index (χ3v) is 5.58. The zero-order valence-electron chi connectivity index (χ0n) is 17.2. The first-order valence-electron chi connectivity index (χ1n) is 10.2. The van der Waals surface area contributed by atoms with E-state index in [1.807, 2.05) is 59.6 Å². The Hall–Kier alpha value is -4.18. The number of phenols is 1. The Morgan fingerprint density at radius 2 is 1.45 bits per heavy atom. The predicted molar refractivity (Wildman–Crippen MR) is 131 cm³/mol. The van der Waals surface area contributed by atoms with Crippen LogP contribution in [0.3, 0.4) is 0 Å². The molecule has 31 heavy (non-hydrogen) atoms.